The third-order valence-corrected chi connectivity index (χ3v) is 6.27. The summed E-state index contributed by atoms with van der Waals surface area (Å²) in [6.45, 7) is 6.57. The Hall–Kier alpha value is -2.92. The molecule has 0 saturated heterocycles. The molecule has 0 aromatic heterocycles. The molecule has 2 aliphatic carbocycles. The summed E-state index contributed by atoms with van der Waals surface area (Å²) in [7, 11) is 0. The number of aliphatic hydroxyl groups is 1. The molecule has 2 aliphatic rings. The lowest BCUT2D eigenvalue weighted by atomic mass is 9.61. The predicted molar refractivity (Wildman–Crippen MR) is 106 cm³/mol. The normalized spacial score (nSPS) is 25.8. The number of fused-ring (bicyclic) bond motifs is 5. The minimum Gasteiger partial charge on any atom is -0.508 e. The molecule has 0 bridgehead atoms. The predicted octanol–water partition coefficient (Wildman–Crippen LogP) is 3.31. The number of Topliss-reactive ketones (excluding diaryl/α,β-unsaturated/α-hetero) is 1. The van der Waals surface area contributed by atoms with Gasteiger partial charge in [0, 0.05) is 12.3 Å². The van der Waals surface area contributed by atoms with E-state index in [1.807, 2.05) is 25.1 Å². The van der Waals surface area contributed by atoms with Gasteiger partial charge in [-0.05, 0) is 58.0 Å². The van der Waals surface area contributed by atoms with Crippen molar-refractivity contribution in [2.45, 2.75) is 32.3 Å². The second kappa shape index (κ2) is 6.04. The summed E-state index contributed by atoms with van der Waals surface area (Å²) in [6.07, 6.45) is 3.00. The molecular weight excluding hydrogens is 356 g/mol. The van der Waals surface area contributed by atoms with Crippen LogP contribution in [0.2, 0.25) is 0 Å². The van der Waals surface area contributed by atoms with Gasteiger partial charge in [0.15, 0.2) is 12.2 Å². The number of aryl methyl sites for hydroxylation is 1. The van der Waals surface area contributed by atoms with Crippen LogP contribution in [-0.4, -0.2) is 34.2 Å². The third-order valence-electron chi connectivity index (χ3n) is 6.27. The van der Waals surface area contributed by atoms with Crippen molar-refractivity contribution in [3.63, 3.8) is 0 Å². The van der Waals surface area contributed by atoms with Crippen molar-refractivity contribution in [1.29, 1.82) is 0 Å². The highest BCUT2D eigenvalue weighted by Crippen LogP contribution is 2.59. The number of carbonyl (C=O) groups is 2. The smallest absolute Gasteiger partial charge is 0.303 e. The van der Waals surface area contributed by atoms with Gasteiger partial charge in [-0.1, -0.05) is 37.8 Å². The minimum absolute atomic E-state index is 0.215. The van der Waals surface area contributed by atoms with E-state index in [1.54, 1.807) is 18.2 Å². The van der Waals surface area contributed by atoms with Gasteiger partial charge in [-0.15, -0.1) is 0 Å². The van der Waals surface area contributed by atoms with Crippen molar-refractivity contribution in [3.05, 3.63) is 59.7 Å². The summed E-state index contributed by atoms with van der Waals surface area (Å²) in [4.78, 5) is 24.0. The number of rotatable bonds is 3. The first-order valence-corrected chi connectivity index (χ1v) is 9.24. The second-order valence-corrected chi connectivity index (χ2v) is 7.83. The lowest BCUT2D eigenvalue weighted by Gasteiger charge is -2.44. The van der Waals surface area contributed by atoms with Gasteiger partial charge < -0.3 is 14.9 Å². The Morgan fingerprint density at radius 1 is 1.25 bits per heavy atom. The molecule has 5 nitrogen and oxygen atoms in total. The Kier molecular flexibility index (Phi) is 3.98. The van der Waals surface area contributed by atoms with E-state index < -0.39 is 29.4 Å². The standard InChI is InChI=1S/C23H22O5/c1-13-10-20-19-6-4-15-11-16(25)5-7-17(15)18(19)8-9-22(20,3)23(13,27)21(26)12-28-14(2)24/h4-7,10-11,25,27H,1,8-9,12H2,2-3H3/t22-,23-/m0/s1. The molecule has 0 radical (unpaired) electrons. The van der Waals surface area contributed by atoms with Crippen LogP contribution in [-0.2, 0) is 20.7 Å². The van der Waals surface area contributed by atoms with Crippen LogP contribution in [0.4, 0.5) is 0 Å². The van der Waals surface area contributed by atoms with Crippen LogP contribution in [0.5, 0.6) is 5.75 Å². The molecule has 0 fully saturated rings. The molecule has 144 valence electrons. The van der Waals surface area contributed by atoms with Crippen LogP contribution in [0.25, 0.3) is 16.3 Å². The third kappa shape index (κ3) is 2.36. The van der Waals surface area contributed by atoms with Crippen LogP contribution in [0, 0.1) is 5.41 Å². The van der Waals surface area contributed by atoms with Crippen molar-refractivity contribution in [2.24, 2.45) is 5.41 Å². The SMILES string of the molecule is C=C1C=C2c3ccc4cc(O)ccc4c3CC[C@]2(C)[C@@]1(O)C(=O)COC(C)=O. The summed E-state index contributed by atoms with van der Waals surface area (Å²) in [5, 5.41) is 23.2. The molecule has 0 spiro atoms. The Bertz CT molecular complexity index is 1080. The molecule has 2 N–H and O–H groups in total. The number of ether oxygens (including phenoxy) is 1. The average Bonchev–Trinajstić information content (AvgIpc) is 2.87. The van der Waals surface area contributed by atoms with E-state index in [0.717, 1.165) is 27.5 Å². The first-order valence-electron chi connectivity index (χ1n) is 9.24. The summed E-state index contributed by atoms with van der Waals surface area (Å²) in [6, 6.07) is 9.19. The highest BCUT2D eigenvalue weighted by molar-refractivity contribution is 6.02. The monoisotopic (exact) mass is 378 g/mol. The molecule has 5 heteroatoms. The molecular formula is C23H22O5. The van der Waals surface area contributed by atoms with Crippen molar-refractivity contribution in [2.75, 3.05) is 6.61 Å². The van der Waals surface area contributed by atoms with Gasteiger partial charge in [-0.2, -0.15) is 0 Å². The highest BCUT2D eigenvalue weighted by atomic mass is 16.5. The second-order valence-electron chi connectivity index (χ2n) is 7.83. The Morgan fingerprint density at radius 2 is 2.00 bits per heavy atom. The van der Waals surface area contributed by atoms with Gasteiger partial charge in [0.2, 0.25) is 5.78 Å². The van der Waals surface area contributed by atoms with E-state index >= 15 is 0 Å². The molecule has 2 aromatic carbocycles. The van der Waals surface area contributed by atoms with Crippen molar-refractivity contribution in [3.8, 4) is 5.75 Å². The van der Waals surface area contributed by atoms with Crippen LogP contribution >= 0.6 is 0 Å². The van der Waals surface area contributed by atoms with Crippen molar-refractivity contribution < 1.29 is 24.5 Å². The number of hydrogen-bond donors (Lipinski definition) is 2. The number of ketones is 1. The topological polar surface area (TPSA) is 83.8 Å². The molecule has 0 heterocycles. The maximum Gasteiger partial charge on any atom is 0.303 e. The molecule has 28 heavy (non-hydrogen) atoms. The van der Waals surface area contributed by atoms with E-state index in [1.165, 1.54) is 6.92 Å². The molecule has 0 saturated carbocycles. The number of hydrogen-bond acceptors (Lipinski definition) is 5. The fourth-order valence-corrected chi connectivity index (χ4v) is 4.71. The summed E-state index contributed by atoms with van der Waals surface area (Å²) in [5.74, 6) is -0.912. The summed E-state index contributed by atoms with van der Waals surface area (Å²) in [5.41, 5.74) is 0.640. The van der Waals surface area contributed by atoms with Gasteiger partial charge >= 0.3 is 5.97 Å². The Labute approximate surface area is 162 Å². The molecule has 2 aromatic rings. The fraction of sp³-hybridized carbons (Fsp3) is 0.304. The van der Waals surface area contributed by atoms with Crippen LogP contribution in [0.3, 0.4) is 0 Å². The van der Waals surface area contributed by atoms with E-state index in [2.05, 4.69) is 6.58 Å². The average molecular weight is 378 g/mol. The van der Waals surface area contributed by atoms with Crippen LogP contribution in [0.15, 0.2) is 48.6 Å². The quantitative estimate of drug-likeness (QED) is 0.801. The number of carbonyl (C=O) groups excluding carboxylic acids is 2. The number of aromatic hydroxyl groups is 1. The van der Waals surface area contributed by atoms with E-state index in [-0.39, 0.29) is 5.75 Å². The van der Waals surface area contributed by atoms with Crippen LogP contribution in [0.1, 0.15) is 31.4 Å². The van der Waals surface area contributed by atoms with Gasteiger partial charge in [0.05, 0.1) is 0 Å². The highest BCUT2D eigenvalue weighted by Gasteiger charge is 2.60. The van der Waals surface area contributed by atoms with E-state index in [4.69, 9.17) is 4.74 Å². The minimum atomic E-state index is -1.81. The molecule has 4 rings (SSSR count). The van der Waals surface area contributed by atoms with E-state index in [0.29, 0.717) is 18.4 Å². The zero-order chi connectivity index (χ0) is 20.3. The summed E-state index contributed by atoms with van der Waals surface area (Å²) < 4.78 is 4.86. The van der Waals surface area contributed by atoms with Crippen LogP contribution < -0.4 is 0 Å². The Balaban J connectivity index is 1.81. The zero-order valence-electron chi connectivity index (χ0n) is 15.9. The number of phenols is 1. The lowest BCUT2D eigenvalue weighted by molar-refractivity contribution is -0.155. The number of esters is 1. The lowest BCUT2D eigenvalue weighted by Crippen LogP contribution is -2.54. The van der Waals surface area contributed by atoms with Gasteiger partial charge in [-0.25, -0.2) is 0 Å². The summed E-state index contributed by atoms with van der Waals surface area (Å²) >= 11 is 0. The largest absolute Gasteiger partial charge is 0.508 e. The van der Waals surface area contributed by atoms with Crippen molar-refractivity contribution in [1.82, 2.24) is 0 Å². The maximum atomic E-state index is 12.9. The first kappa shape index (κ1) is 18.4. The van der Waals surface area contributed by atoms with Crippen molar-refractivity contribution >= 4 is 28.1 Å². The zero-order valence-corrected chi connectivity index (χ0v) is 15.9. The first-order chi connectivity index (χ1) is 13.2. The number of benzene rings is 2. The molecule has 0 aliphatic heterocycles. The number of phenolic OH excluding ortho intramolecular Hbond substituents is 1. The van der Waals surface area contributed by atoms with Gasteiger partial charge in [-0.3, -0.25) is 9.59 Å². The van der Waals surface area contributed by atoms with Gasteiger partial charge in [0.25, 0.3) is 0 Å². The molecule has 2 atom stereocenters. The van der Waals surface area contributed by atoms with E-state index in [9.17, 15) is 19.8 Å². The fourth-order valence-electron chi connectivity index (χ4n) is 4.71. The van der Waals surface area contributed by atoms with Gasteiger partial charge in [0.1, 0.15) is 5.75 Å². The molecule has 0 unspecified atom stereocenters. The molecule has 0 amide bonds. The Morgan fingerprint density at radius 3 is 2.71 bits per heavy atom. The maximum absolute atomic E-state index is 12.9.